The number of ether oxygens (including phenoxy) is 4. The lowest BCUT2D eigenvalue weighted by Gasteiger charge is -2.59. The molecule has 10 heteroatoms. The first-order chi connectivity index (χ1) is 20.3. The molecule has 2 fully saturated rings. The predicted octanol–water partition coefficient (Wildman–Crippen LogP) is 4.13. The summed E-state index contributed by atoms with van der Waals surface area (Å²) in [5.41, 5.74) is -5.32. The molecule has 0 amide bonds. The fourth-order valence-corrected chi connectivity index (χ4v) is 8.08. The van der Waals surface area contributed by atoms with Crippen molar-refractivity contribution in [2.24, 2.45) is 5.92 Å². The number of aliphatic hydroxyl groups is 1. The van der Waals surface area contributed by atoms with Crippen LogP contribution in [0.4, 0.5) is 0 Å². The van der Waals surface area contributed by atoms with Crippen LogP contribution in [0.25, 0.3) is 0 Å². The molecule has 1 aromatic rings. The molecular formula is C34H40O10. The van der Waals surface area contributed by atoms with Gasteiger partial charge in [0.25, 0.3) is 0 Å². The number of phenolic OH excluding ortho intramolecular Hbond substituents is 1. The summed E-state index contributed by atoms with van der Waals surface area (Å²) < 4.78 is 26.0. The monoisotopic (exact) mass is 608 g/mol. The highest BCUT2D eigenvalue weighted by Gasteiger charge is 2.84. The second-order valence-electron chi connectivity index (χ2n) is 14.1. The van der Waals surface area contributed by atoms with E-state index in [1.54, 1.807) is 6.92 Å². The molecule has 1 saturated heterocycles. The van der Waals surface area contributed by atoms with Crippen molar-refractivity contribution >= 4 is 17.5 Å². The number of carbonyl (C=O) groups excluding carboxylic acids is 2. The summed E-state index contributed by atoms with van der Waals surface area (Å²) in [5, 5.41) is 32.2. The van der Waals surface area contributed by atoms with Crippen molar-refractivity contribution in [1.29, 1.82) is 0 Å². The van der Waals surface area contributed by atoms with Gasteiger partial charge in [0, 0.05) is 53.6 Å². The summed E-state index contributed by atoms with van der Waals surface area (Å²) in [6.45, 7) is 16.4. The zero-order valence-corrected chi connectivity index (χ0v) is 26.4. The smallest absolute Gasteiger partial charge is 0.330 e. The molecule has 6 aliphatic rings. The molecule has 3 heterocycles. The van der Waals surface area contributed by atoms with Gasteiger partial charge in [-0.2, -0.15) is 0 Å². The first-order valence-corrected chi connectivity index (χ1v) is 14.9. The van der Waals surface area contributed by atoms with Crippen LogP contribution in [-0.2, 0) is 30.9 Å². The molecule has 1 aromatic carbocycles. The van der Waals surface area contributed by atoms with E-state index in [1.807, 2.05) is 34.6 Å². The molecule has 0 unspecified atom stereocenters. The second-order valence-corrected chi connectivity index (χ2v) is 14.1. The fourth-order valence-electron chi connectivity index (χ4n) is 8.08. The van der Waals surface area contributed by atoms with Crippen LogP contribution in [0, 0.1) is 5.92 Å². The van der Waals surface area contributed by atoms with E-state index in [-0.39, 0.29) is 53.0 Å². The van der Waals surface area contributed by atoms with Crippen LogP contribution in [0.15, 0.2) is 35.5 Å². The molecule has 236 valence electrons. The Morgan fingerprint density at radius 3 is 2.45 bits per heavy atom. The zero-order chi connectivity index (χ0) is 32.5. The van der Waals surface area contributed by atoms with Gasteiger partial charge in [-0.3, -0.25) is 9.59 Å². The van der Waals surface area contributed by atoms with E-state index in [0.717, 1.165) is 0 Å². The molecule has 7 rings (SSSR count). The third kappa shape index (κ3) is 3.44. The molecule has 1 saturated carbocycles. The Labute approximate surface area is 256 Å². The number of fused-ring (bicyclic) bond motifs is 3. The molecule has 0 aromatic heterocycles. The van der Waals surface area contributed by atoms with Crippen molar-refractivity contribution in [3.05, 3.63) is 52.1 Å². The standard InChI is InChI=1S/C34H40O10/c1-15(2)20(35)12-18-24(36)22-25(37)19-13-32(41-9)14-21-31(7,8)44-33(29(32)40,11-10-16(3)28(38)39)34(19,21)43-27(22)23-26(18)42-17(4)30(23,5)6/h10,13,17,20-21,35-36H,1,11-12,14H2,2-9H3,(H,38,39)/b16-10-/t17-,20+,21-,32-,33-,34+/m1/s1. The number of aromatic hydroxyl groups is 1. The number of phenols is 1. The molecule has 10 nitrogen and oxygen atoms in total. The summed E-state index contributed by atoms with van der Waals surface area (Å²) in [4.78, 5) is 41.2. The van der Waals surface area contributed by atoms with Gasteiger partial charge in [-0.25, -0.2) is 4.79 Å². The van der Waals surface area contributed by atoms with E-state index in [4.69, 9.17) is 18.9 Å². The number of aliphatic carboxylic acids is 1. The first kappa shape index (κ1) is 30.6. The van der Waals surface area contributed by atoms with Gasteiger partial charge in [-0.1, -0.05) is 32.1 Å². The molecule has 44 heavy (non-hydrogen) atoms. The SMILES string of the molecule is C=C(C)[C@@H](O)Cc1c(O)c2c(c3c1O[C@H](C)C3(C)C)O[C@@]13C(=C[C@@]4(OC)C[C@@H]1C(C)(C)O[C@]3(C/C=C(/C)C(=O)O)C4=O)C2=O. The van der Waals surface area contributed by atoms with Crippen LogP contribution in [0.3, 0.4) is 0 Å². The van der Waals surface area contributed by atoms with E-state index in [0.29, 0.717) is 16.9 Å². The number of hydrogen-bond acceptors (Lipinski definition) is 9. The Balaban J connectivity index is 1.69. The lowest BCUT2D eigenvalue weighted by Crippen LogP contribution is -2.77. The lowest BCUT2D eigenvalue weighted by molar-refractivity contribution is -0.190. The molecule has 4 bridgehead atoms. The minimum Gasteiger partial charge on any atom is -0.507 e. The highest BCUT2D eigenvalue weighted by molar-refractivity contribution is 6.20. The van der Waals surface area contributed by atoms with Gasteiger partial charge in [-0.05, 0) is 47.1 Å². The Bertz CT molecular complexity index is 1630. The van der Waals surface area contributed by atoms with Crippen LogP contribution in [0.1, 0.15) is 82.8 Å². The molecule has 0 radical (unpaired) electrons. The topological polar surface area (TPSA) is 149 Å². The van der Waals surface area contributed by atoms with Crippen LogP contribution in [-0.4, -0.2) is 74.6 Å². The number of methoxy groups -OCH3 is 1. The van der Waals surface area contributed by atoms with Crippen LogP contribution in [0.2, 0.25) is 0 Å². The van der Waals surface area contributed by atoms with E-state index in [1.165, 1.54) is 26.2 Å². The fraction of sp³-hybridized carbons (Fsp3) is 0.559. The number of carboxylic acid groups (broad SMARTS) is 1. The van der Waals surface area contributed by atoms with Crippen LogP contribution < -0.4 is 9.47 Å². The van der Waals surface area contributed by atoms with Gasteiger partial charge in [0.15, 0.2) is 17.0 Å². The van der Waals surface area contributed by atoms with Gasteiger partial charge in [0.05, 0.1) is 11.7 Å². The minimum atomic E-state index is -1.81. The average molecular weight is 609 g/mol. The average Bonchev–Trinajstić information content (AvgIpc) is 3.27. The van der Waals surface area contributed by atoms with Crippen molar-refractivity contribution in [2.75, 3.05) is 7.11 Å². The van der Waals surface area contributed by atoms with E-state index >= 15 is 0 Å². The van der Waals surface area contributed by atoms with E-state index < -0.39 is 63.5 Å². The number of benzene rings is 1. The molecule has 3 aliphatic carbocycles. The van der Waals surface area contributed by atoms with Gasteiger partial charge in [0.2, 0.25) is 5.78 Å². The Kier molecular flexibility index (Phi) is 6.28. The summed E-state index contributed by atoms with van der Waals surface area (Å²) in [6.07, 6.45) is 1.50. The van der Waals surface area contributed by atoms with Gasteiger partial charge >= 0.3 is 5.97 Å². The number of carbonyl (C=O) groups is 3. The van der Waals surface area contributed by atoms with Crippen molar-refractivity contribution < 1.29 is 48.7 Å². The molecule has 6 atom stereocenters. The number of aliphatic hydroxyl groups excluding tert-OH is 1. The van der Waals surface area contributed by atoms with Crippen molar-refractivity contribution in [1.82, 2.24) is 0 Å². The van der Waals surface area contributed by atoms with Crippen molar-refractivity contribution in [2.45, 2.75) is 108 Å². The van der Waals surface area contributed by atoms with Crippen molar-refractivity contribution in [3.63, 3.8) is 0 Å². The highest BCUT2D eigenvalue weighted by atomic mass is 16.6. The Hall–Kier alpha value is -3.47. The first-order valence-electron chi connectivity index (χ1n) is 14.9. The van der Waals surface area contributed by atoms with Gasteiger partial charge in [0.1, 0.15) is 34.5 Å². The van der Waals surface area contributed by atoms with E-state index in [2.05, 4.69) is 6.58 Å². The molecule has 1 spiro atoms. The van der Waals surface area contributed by atoms with Crippen LogP contribution >= 0.6 is 0 Å². The number of ketones is 2. The molecule has 3 aliphatic heterocycles. The zero-order valence-electron chi connectivity index (χ0n) is 26.4. The van der Waals surface area contributed by atoms with Crippen molar-refractivity contribution in [3.8, 4) is 17.2 Å². The summed E-state index contributed by atoms with van der Waals surface area (Å²) in [7, 11) is 1.40. The number of rotatable bonds is 7. The molecule has 3 N–H and O–H groups in total. The minimum absolute atomic E-state index is 0.0111. The van der Waals surface area contributed by atoms with Gasteiger partial charge < -0.3 is 34.3 Å². The lowest BCUT2D eigenvalue weighted by atomic mass is 9.49. The van der Waals surface area contributed by atoms with Crippen LogP contribution in [0.5, 0.6) is 17.2 Å². The maximum Gasteiger partial charge on any atom is 0.330 e. The Morgan fingerprint density at radius 1 is 1.20 bits per heavy atom. The maximum atomic E-state index is 14.8. The second kappa shape index (κ2) is 9.05. The molecular weight excluding hydrogens is 568 g/mol. The largest absolute Gasteiger partial charge is 0.507 e. The maximum absolute atomic E-state index is 14.8. The Morgan fingerprint density at radius 2 is 1.86 bits per heavy atom. The summed E-state index contributed by atoms with van der Waals surface area (Å²) in [5.74, 6) is -2.64. The third-order valence-electron chi connectivity index (χ3n) is 10.9. The normalized spacial score (nSPS) is 34.4. The van der Waals surface area contributed by atoms with E-state index in [9.17, 15) is 29.7 Å². The third-order valence-corrected chi connectivity index (χ3v) is 10.9. The summed E-state index contributed by atoms with van der Waals surface area (Å²) in [6, 6.07) is 0. The number of hydrogen-bond donors (Lipinski definition) is 3. The number of Topliss-reactive ketones (excluding diaryl/α,β-unsaturated/α-hetero) is 2. The highest BCUT2D eigenvalue weighted by Crippen LogP contribution is 2.70. The van der Waals surface area contributed by atoms with Gasteiger partial charge in [-0.15, -0.1) is 0 Å². The predicted molar refractivity (Wildman–Crippen MR) is 158 cm³/mol. The quantitative estimate of drug-likeness (QED) is 0.305. The number of carboxylic acids is 1. The summed E-state index contributed by atoms with van der Waals surface area (Å²) >= 11 is 0.